The molecule has 8 amide bonds. The quantitative estimate of drug-likeness (QED) is 0.0503. The van der Waals surface area contributed by atoms with Gasteiger partial charge in [-0.25, -0.2) is 4.79 Å². The van der Waals surface area contributed by atoms with Crippen LogP contribution in [0.2, 0.25) is 0 Å². The molecule has 58 heavy (non-hydrogen) atoms. The number of hydrogen-bond acceptors (Lipinski definition) is 12. The number of aliphatic hydroxyl groups is 2. The van der Waals surface area contributed by atoms with Crippen LogP contribution in [-0.2, 0) is 43.2 Å². The van der Waals surface area contributed by atoms with Crippen molar-refractivity contribution in [3.63, 3.8) is 0 Å². The summed E-state index contributed by atoms with van der Waals surface area (Å²) in [7, 11) is 0. The van der Waals surface area contributed by atoms with Crippen LogP contribution in [0.15, 0.2) is 0 Å². The van der Waals surface area contributed by atoms with Gasteiger partial charge in [-0.15, -0.1) is 0 Å². The van der Waals surface area contributed by atoms with Crippen LogP contribution in [0.3, 0.4) is 0 Å². The van der Waals surface area contributed by atoms with Gasteiger partial charge in [-0.2, -0.15) is 0 Å². The maximum atomic E-state index is 13.7. The van der Waals surface area contributed by atoms with Crippen molar-refractivity contribution >= 4 is 53.2 Å². The molecule has 2 fully saturated rings. The lowest BCUT2D eigenvalue weighted by atomic mass is 10.00. The molecule has 0 aromatic carbocycles. The molecule has 0 aromatic heterocycles. The highest BCUT2D eigenvalue weighted by Crippen LogP contribution is 2.21. The zero-order chi connectivity index (χ0) is 43.9. The predicted molar refractivity (Wildman–Crippen MR) is 207 cm³/mol. The third-order valence-corrected chi connectivity index (χ3v) is 9.82. The van der Waals surface area contributed by atoms with E-state index in [4.69, 9.17) is 5.73 Å². The lowest BCUT2D eigenvalue weighted by Crippen LogP contribution is -2.60. The summed E-state index contributed by atoms with van der Waals surface area (Å²) in [5, 5.41) is 43.5. The second-order valence-corrected chi connectivity index (χ2v) is 15.9. The molecule has 0 aliphatic carbocycles. The number of carboxylic acid groups (broad SMARTS) is 1. The number of nitrogens with zero attached hydrogens (tertiary/aromatic N) is 2. The Morgan fingerprint density at radius 3 is 1.71 bits per heavy atom. The number of amides is 8. The third kappa shape index (κ3) is 14.8. The summed E-state index contributed by atoms with van der Waals surface area (Å²) in [5.41, 5.74) is 6.04. The minimum absolute atomic E-state index is 0.00437. The maximum absolute atomic E-state index is 13.7. The molecular formula is C37H63N9O12. The minimum Gasteiger partial charge on any atom is -0.480 e. The Hall–Kier alpha value is -4.89. The molecule has 0 spiro atoms. The molecule has 0 unspecified atom stereocenters. The van der Waals surface area contributed by atoms with Gasteiger partial charge in [0.15, 0.2) is 0 Å². The van der Waals surface area contributed by atoms with E-state index in [0.717, 1.165) is 0 Å². The van der Waals surface area contributed by atoms with Gasteiger partial charge in [-0.05, 0) is 56.3 Å². The Morgan fingerprint density at radius 2 is 1.17 bits per heavy atom. The van der Waals surface area contributed by atoms with E-state index in [0.29, 0.717) is 19.3 Å². The first-order valence-electron chi connectivity index (χ1n) is 19.8. The molecule has 11 N–H and O–H groups in total. The fraction of sp³-hybridized carbons (Fsp3) is 0.757. The fourth-order valence-electron chi connectivity index (χ4n) is 6.77. The summed E-state index contributed by atoms with van der Waals surface area (Å²) in [5.74, 6) is -7.31. The lowest BCUT2D eigenvalue weighted by Gasteiger charge is -2.31. The number of likely N-dealkylation sites (tertiary alicyclic amines) is 2. The van der Waals surface area contributed by atoms with Gasteiger partial charge in [0.2, 0.25) is 47.3 Å². The molecule has 2 aliphatic rings. The van der Waals surface area contributed by atoms with Crippen molar-refractivity contribution < 1.29 is 58.5 Å². The molecule has 0 aromatic rings. The fourth-order valence-corrected chi connectivity index (χ4v) is 6.77. The Kier molecular flexibility index (Phi) is 20.0. The van der Waals surface area contributed by atoms with E-state index in [1.807, 2.05) is 27.7 Å². The first-order valence-corrected chi connectivity index (χ1v) is 19.8. The predicted octanol–water partition coefficient (Wildman–Crippen LogP) is -3.72. The van der Waals surface area contributed by atoms with E-state index in [2.05, 4.69) is 31.9 Å². The molecule has 21 nitrogen and oxygen atoms in total. The van der Waals surface area contributed by atoms with Crippen molar-refractivity contribution in [2.24, 2.45) is 23.5 Å². The van der Waals surface area contributed by atoms with Gasteiger partial charge in [0, 0.05) is 13.1 Å². The molecule has 0 bridgehead atoms. The van der Waals surface area contributed by atoms with Crippen molar-refractivity contribution in [1.82, 2.24) is 41.7 Å². The largest absolute Gasteiger partial charge is 0.480 e. The number of carbonyl (C=O) groups excluding carboxylic acids is 8. The number of carbonyl (C=O) groups is 9. The zero-order valence-corrected chi connectivity index (χ0v) is 34.2. The summed E-state index contributed by atoms with van der Waals surface area (Å²) in [6.45, 7) is 8.18. The molecule has 328 valence electrons. The van der Waals surface area contributed by atoms with Crippen LogP contribution in [0.5, 0.6) is 0 Å². The molecule has 0 saturated carbocycles. The first-order chi connectivity index (χ1) is 27.2. The third-order valence-electron chi connectivity index (χ3n) is 9.82. The van der Waals surface area contributed by atoms with Gasteiger partial charge in [-0.3, -0.25) is 38.4 Å². The van der Waals surface area contributed by atoms with Gasteiger partial charge in [0.05, 0.1) is 32.3 Å². The van der Waals surface area contributed by atoms with Crippen LogP contribution >= 0.6 is 0 Å². The summed E-state index contributed by atoms with van der Waals surface area (Å²) < 4.78 is 0. The number of carboxylic acids is 1. The topological polar surface area (TPSA) is 319 Å². The highest BCUT2D eigenvalue weighted by molar-refractivity contribution is 5.97. The van der Waals surface area contributed by atoms with Crippen molar-refractivity contribution in [2.45, 2.75) is 122 Å². The van der Waals surface area contributed by atoms with E-state index >= 15 is 0 Å². The van der Waals surface area contributed by atoms with Crippen LogP contribution in [0.4, 0.5) is 0 Å². The second-order valence-electron chi connectivity index (χ2n) is 15.9. The molecule has 0 radical (unpaired) electrons. The van der Waals surface area contributed by atoms with E-state index in [-0.39, 0.29) is 44.2 Å². The van der Waals surface area contributed by atoms with Crippen LogP contribution < -0.4 is 37.6 Å². The van der Waals surface area contributed by atoms with Gasteiger partial charge >= 0.3 is 5.97 Å². The van der Waals surface area contributed by atoms with Gasteiger partial charge in [0.1, 0.15) is 36.3 Å². The minimum atomic E-state index is -1.62. The van der Waals surface area contributed by atoms with Gasteiger partial charge < -0.3 is 62.8 Å². The second kappa shape index (κ2) is 23.5. The SMILES string of the molecule is CC(C)C[C@H](NC(=O)[C@@H](N)CC(C)C)C(=O)N1CCC[C@H]1C(=O)N[C@@H](CO)C(=O)N[C@@H](CO)C(=O)NCC(=O)N1CCC[C@H]1C(=O)NCC(=O)N[C@H](C(=O)O)C(C)C. The van der Waals surface area contributed by atoms with E-state index in [9.17, 15) is 58.5 Å². The summed E-state index contributed by atoms with van der Waals surface area (Å²) in [6.07, 6.45) is 2.09. The number of nitrogens with one attached hydrogen (secondary N) is 6. The van der Waals surface area contributed by atoms with Crippen molar-refractivity contribution in [3.8, 4) is 0 Å². The van der Waals surface area contributed by atoms with Crippen molar-refractivity contribution in [1.29, 1.82) is 0 Å². The number of aliphatic carboxylic acids is 1. The van der Waals surface area contributed by atoms with Crippen LogP contribution in [0.1, 0.15) is 80.1 Å². The number of aliphatic hydroxyl groups excluding tert-OH is 2. The van der Waals surface area contributed by atoms with Gasteiger partial charge in [0.25, 0.3) is 0 Å². The molecular weight excluding hydrogens is 762 g/mol. The average molecular weight is 826 g/mol. The first kappa shape index (κ1) is 49.3. The lowest BCUT2D eigenvalue weighted by molar-refractivity contribution is -0.143. The standard InChI is InChI=1S/C37H63N9O12/c1-19(2)13-22(38)31(51)41-23(14-20(3)4)36(56)46-12-8-10-27(46)35(55)43-25(18-48)33(53)42-24(17-47)32(52)40-16-29(50)45-11-7-9-26(45)34(54)39-15-28(49)44-30(21(5)6)37(57)58/h19-27,30,47-48H,7-18,38H2,1-6H3,(H,39,54)(H,40,52)(H,41,51)(H,42,53)(H,43,55)(H,44,49)(H,57,58)/t22-,23-,24-,25-,26-,27-,30-/m0/s1. The molecule has 21 heteroatoms. The Labute approximate surface area is 338 Å². The van der Waals surface area contributed by atoms with Crippen LogP contribution in [0.25, 0.3) is 0 Å². The number of hydrogen-bond donors (Lipinski definition) is 10. The number of nitrogens with two attached hydrogens (primary N) is 1. The van der Waals surface area contributed by atoms with Crippen molar-refractivity contribution in [2.75, 3.05) is 39.4 Å². The molecule has 7 atom stereocenters. The number of rotatable bonds is 22. The van der Waals surface area contributed by atoms with E-state index < -0.39 is 128 Å². The highest BCUT2D eigenvalue weighted by atomic mass is 16.4. The maximum Gasteiger partial charge on any atom is 0.326 e. The van der Waals surface area contributed by atoms with E-state index in [1.165, 1.54) is 9.80 Å². The molecule has 2 saturated heterocycles. The van der Waals surface area contributed by atoms with Crippen LogP contribution in [-0.4, -0.2) is 160 Å². The summed E-state index contributed by atoms with van der Waals surface area (Å²) >= 11 is 0. The summed E-state index contributed by atoms with van der Waals surface area (Å²) in [6, 6.07) is -8.16. The highest BCUT2D eigenvalue weighted by Gasteiger charge is 2.40. The average Bonchev–Trinajstić information content (AvgIpc) is 3.86. The monoisotopic (exact) mass is 825 g/mol. The summed E-state index contributed by atoms with van der Waals surface area (Å²) in [4.78, 5) is 118. The zero-order valence-electron chi connectivity index (χ0n) is 34.2. The van der Waals surface area contributed by atoms with Crippen LogP contribution in [0, 0.1) is 17.8 Å². The molecule has 2 aliphatic heterocycles. The smallest absolute Gasteiger partial charge is 0.326 e. The molecule has 2 rings (SSSR count). The Balaban J connectivity index is 1.97. The molecule has 2 heterocycles. The Morgan fingerprint density at radius 1 is 0.638 bits per heavy atom. The normalized spacial score (nSPS) is 19.2. The Bertz CT molecular complexity index is 1490. The van der Waals surface area contributed by atoms with Crippen molar-refractivity contribution in [3.05, 3.63) is 0 Å². The van der Waals surface area contributed by atoms with Gasteiger partial charge in [-0.1, -0.05) is 41.5 Å². The van der Waals surface area contributed by atoms with E-state index in [1.54, 1.807) is 13.8 Å².